The first-order valence-corrected chi connectivity index (χ1v) is 14.8. The zero-order valence-corrected chi connectivity index (χ0v) is 25.5. The van der Waals surface area contributed by atoms with Gasteiger partial charge in [-0.15, -0.1) is 0 Å². The highest BCUT2D eigenvalue weighted by atomic mass is 16.2. The number of anilines is 3. The quantitative estimate of drug-likeness (QED) is 0.318. The number of amides is 1. The predicted molar refractivity (Wildman–Crippen MR) is 168 cm³/mol. The number of benzene rings is 1. The number of hydrogen-bond acceptors (Lipinski definition) is 6. The van der Waals surface area contributed by atoms with E-state index in [1.54, 1.807) is 24.0 Å². The number of fused-ring (bicyclic) bond motifs is 4. The SMILES string of the molecule is CCc1c(-c2cn(C)c(=O)c(Nc3ccc4c(c3)c(C)nn4C)n2)ccnc1N1CCn2c(cc3c2CC(C)(C)C3)C1=O. The molecule has 0 bridgehead atoms. The number of nitrogens with zero attached hydrogens (tertiary/aromatic N) is 7. The molecule has 1 aliphatic carbocycles. The second-order valence-electron chi connectivity index (χ2n) is 12.6. The maximum Gasteiger partial charge on any atom is 0.293 e. The highest BCUT2D eigenvalue weighted by Crippen LogP contribution is 2.40. The first-order chi connectivity index (χ1) is 20.5. The van der Waals surface area contributed by atoms with Crippen molar-refractivity contribution >= 4 is 34.1 Å². The molecule has 0 fully saturated rings. The molecule has 1 aliphatic heterocycles. The van der Waals surface area contributed by atoms with Crippen molar-refractivity contribution in [3.8, 4) is 11.3 Å². The van der Waals surface area contributed by atoms with Gasteiger partial charge in [0.25, 0.3) is 11.5 Å². The molecule has 5 heterocycles. The highest BCUT2D eigenvalue weighted by Gasteiger charge is 2.37. The van der Waals surface area contributed by atoms with Crippen LogP contribution >= 0.6 is 0 Å². The van der Waals surface area contributed by atoms with Crippen LogP contribution in [-0.2, 0) is 39.9 Å². The Morgan fingerprint density at radius 1 is 1.05 bits per heavy atom. The van der Waals surface area contributed by atoms with Crippen LogP contribution in [-0.4, -0.2) is 41.3 Å². The van der Waals surface area contributed by atoms with Crippen LogP contribution in [0.1, 0.15) is 53.8 Å². The van der Waals surface area contributed by atoms with E-state index in [9.17, 15) is 9.59 Å². The minimum absolute atomic E-state index is 0.0188. The standard InChI is InChI=1S/C33H36N8O2/c1-7-22-23(10-11-34-30(22)41-13-12-40-27(31(41)42)14-20-16-33(3,4)17-28(20)40)25-18-38(5)32(43)29(36-25)35-21-8-9-26-24(15-21)19(2)37-39(26)6/h8-11,14-15,18H,7,12-13,16-17H2,1-6H3,(H,35,36). The number of nitrogens with one attached hydrogen (secondary N) is 1. The summed E-state index contributed by atoms with van der Waals surface area (Å²) in [4.78, 5) is 38.4. The molecule has 1 N–H and O–H groups in total. The number of carbonyl (C=O) groups excluding carboxylic acids is 1. The molecule has 43 heavy (non-hydrogen) atoms. The average Bonchev–Trinajstić information content (AvgIpc) is 3.57. The van der Waals surface area contributed by atoms with Gasteiger partial charge < -0.3 is 14.5 Å². The summed E-state index contributed by atoms with van der Waals surface area (Å²) in [5.41, 5.74) is 8.44. The van der Waals surface area contributed by atoms with Crippen LogP contribution in [0.25, 0.3) is 22.2 Å². The van der Waals surface area contributed by atoms with Crippen molar-refractivity contribution in [2.75, 3.05) is 16.8 Å². The monoisotopic (exact) mass is 576 g/mol. The van der Waals surface area contributed by atoms with Gasteiger partial charge in [-0.25, -0.2) is 9.97 Å². The minimum atomic E-state index is -0.234. The van der Waals surface area contributed by atoms with E-state index in [1.165, 1.54) is 11.3 Å². The molecular formula is C33H36N8O2. The van der Waals surface area contributed by atoms with Gasteiger partial charge in [-0.1, -0.05) is 20.8 Å². The molecule has 10 nitrogen and oxygen atoms in total. The van der Waals surface area contributed by atoms with Gasteiger partial charge in [-0.05, 0) is 67.5 Å². The molecule has 0 unspecified atom stereocenters. The number of rotatable bonds is 5. The maximum atomic E-state index is 13.9. The van der Waals surface area contributed by atoms with Crippen LogP contribution in [0.4, 0.5) is 17.3 Å². The Morgan fingerprint density at radius 3 is 2.65 bits per heavy atom. The normalized spacial score (nSPS) is 15.7. The van der Waals surface area contributed by atoms with Gasteiger partial charge >= 0.3 is 0 Å². The molecule has 0 spiro atoms. The van der Waals surface area contributed by atoms with Crippen LogP contribution < -0.4 is 15.8 Å². The first-order valence-electron chi connectivity index (χ1n) is 14.8. The van der Waals surface area contributed by atoms with Gasteiger partial charge in [0.15, 0.2) is 5.82 Å². The van der Waals surface area contributed by atoms with E-state index in [0.717, 1.165) is 58.5 Å². The Balaban J connectivity index is 1.25. The lowest BCUT2D eigenvalue weighted by Gasteiger charge is -2.31. The van der Waals surface area contributed by atoms with Gasteiger partial charge in [0.05, 0.1) is 16.9 Å². The lowest BCUT2D eigenvalue weighted by Crippen LogP contribution is -2.41. The fourth-order valence-electron chi connectivity index (χ4n) is 6.89. The van der Waals surface area contributed by atoms with Crippen LogP contribution in [0.2, 0.25) is 0 Å². The summed E-state index contributed by atoms with van der Waals surface area (Å²) in [6.07, 6.45) is 6.11. The van der Waals surface area contributed by atoms with Crippen molar-refractivity contribution in [3.05, 3.63) is 81.3 Å². The summed E-state index contributed by atoms with van der Waals surface area (Å²) in [5, 5.41) is 8.76. The summed E-state index contributed by atoms with van der Waals surface area (Å²) in [7, 11) is 3.64. The number of pyridine rings is 1. The topological polar surface area (TPSA) is 103 Å². The van der Waals surface area contributed by atoms with E-state index in [2.05, 4.69) is 41.8 Å². The van der Waals surface area contributed by atoms with Crippen molar-refractivity contribution < 1.29 is 4.79 Å². The molecule has 0 saturated carbocycles. The molecule has 0 atom stereocenters. The van der Waals surface area contributed by atoms with Crippen molar-refractivity contribution in [3.63, 3.8) is 0 Å². The second-order valence-corrected chi connectivity index (χ2v) is 12.6. The minimum Gasteiger partial charge on any atom is -0.339 e. The molecule has 1 aromatic carbocycles. The molecule has 4 aromatic heterocycles. The van der Waals surface area contributed by atoms with Crippen LogP contribution in [0, 0.1) is 12.3 Å². The zero-order valence-electron chi connectivity index (χ0n) is 25.5. The molecule has 5 aromatic rings. The third kappa shape index (κ3) is 4.35. The first kappa shape index (κ1) is 27.1. The fraction of sp³-hybridized carbons (Fsp3) is 0.364. The molecule has 2 aliphatic rings. The zero-order chi connectivity index (χ0) is 30.2. The summed E-state index contributed by atoms with van der Waals surface area (Å²) in [6, 6.07) is 9.90. The summed E-state index contributed by atoms with van der Waals surface area (Å²) < 4.78 is 5.60. The third-order valence-corrected chi connectivity index (χ3v) is 8.91. The largest absolute Gasteiger partial charge is 0.339 e. The fourth-order valence-corrected chi connectivity index (χ4v) is 6.89. The van der Waals surface area contributed by atoms with E-state index in [1.807, 2.05) is 47.8 Å². The lowest BCUT2D eigenvalue weighted by molar-refractivity contribution is 0.0963. The van der Waals surface area contributed by atoms with Gasteiger partial charge in [0.2, 0.25) is 0 Å². The van der Waals surface area contributed by atoms with Crippen molar-refractivity contribution in [1.82, 2.24) is 28.9 Å². The highest BCUT2D eigenvalue weighted by molar-refractivity contribution is 6.06. The number of carbonyl (C=O) groups is 1. The summed E-state index contributed by atoms with van der Waals surface area (Å²) >= 11 is 0. The smallest absolute Gasteiger partial charge is 0.293 e. The van der Waals surface area contributed by atoms with E-state index in [0.29, 0.717) is 24.5 Å². The molecular weight excluding hydrogens is 540 g/mol. The predicted octanol–water partition coefficient (Wildman–Crippen LogP) is 4.93. The third-order valence-electron chi connectivity index (χ3n) is 8.91. The van der Waals surface area contributed by atoms with E-state index in [4.69, 9.17) is 9.97 Å². The van der Waals surface area contributed by atoms with Crippen molar-refractivity contribution in [1.29, 1.82) is 0 Å². The number of hydrogen-bond donors (Lipinski definition) is 1. The van der Waals surface area contributed by atoms with E-state index < -0.39 is 0 Å². The molecule has 0 saturated heterocycles. The van der Waals surface area contributed by atoms with Gasteiger partial charge in [0.1, 0.15) is 11.5 Å². The van der Waals surface area contributed by atoms with Crippen LogP contribution in [0.5, 0.6) is 0 Å². The van der Waals surface area contributed by atoms with Gasteiger partial charge in [0, 0.05) is 67.5 Å². The van der Waals surface area contributed by atoms with Gasteiger partial charge in [-0.3, -0.25) is 19.2 Å². The average molecular weight is 577 g/mol. The number of aromatic nitrogens is 6. The van der Waals surface area contributed by atoms with Crippen molar-refractivity contribution in [2.45, 2.75) is 53.5 Å². The Hall–Kier alpha value is -4.73. The molecule has 7 rings (SSSR count). The lowest BCUT2D eigenvalue weighted by atomic mass is 9.90. The van der Waals surface area contributed by atoms with E-state index in [-0.39, 0.29) is 22.7 Å². The van der Waals surface area contributed by atoms with Crippen LogP contribution in [0.15, 0.2) is 47.5 Å². The summed E-state index contributed by atoms with van der Waals surface area (Å²) in [5.74, 6) is 0.862. The van der Waals surface area contributed by atoms with Crippen LogP contribution in [0.3, 0.4) is 0 Å². The molecule has 0 radical (unpaired) electrons. The Bertz CT molecular complexity index is 2010. The van der Waals surface area contributed by atoms with Crippen molar-refractivity contribution in [2.24, 2.45) is 19.5 Å². The maximum absolute atomic E-state index is 13.9. The van der Waals surface area contributed by atoms with E-state index >= 15 is 0 Å². The molecule has 10 heteroatoms. The molecule has 1 amide bonds. The van der Waals surface area contributed by atoms with Gasteiger partial charge in [-0.2, -0.15) is 5.10 Å². The second kappa shape index (κ2) is 9.65. The molecule has 220 valence electrons. The Labute approximate surface area is 250 Å². The summed E-state index contributed by atoms with van der Waals surface area (Å²) in [6.45, 7) is 9.90. The number of aryl methyl sites for hydroxylation is 3. The Morgan fingerprint density at radius 2 is 1.86 bits per heavy atom. The Kier molecular flexibility index (Phi) is 6.09.